The number of methoxy groups -OCH3 is 1. The Bertz CT molecular complexity index is 950. The molecule has 0 atom stereocenters. The van der Waals surface area contributed by atoms with Crippen LogP contribution in [0.4, 0.5) is 5.82 Å². The molecular weight excluding hydrogens is 318 g/mol. The van der Waals surface area contributed by atoms with Crippen molar-refractivity contribution in [3.63, 3.8) is 0 Å². The fraction of sp³-hybridized carbons (Fsp3) is 0.278. The van der Waals surface area contributed by atoms with Gasteiger partial charge in [0.1, 0.15) is 6.07 Å². The maximum atomic E-state index is 9.83. The van der Waals surface area contributed by atoms with E-state index in [0.717, 1.165) is 16.5 Å². The Balaban J connectivity index is 2.00. The van der Waals surface area contributed by atoms with Crippen molar-refractivity contribution in [1.82, 2.24) is 15.0 Å². The van der Waals surface area contributed by atoms with Crippen LogP contribution in [0.5, 0.6) is 5.88 Å². The van der Waals surface area contributed by atoms with Crippen LogP contribution in [0.25, 0.3) is 22.2 Å². The topological polar surface area (TPSA) is 107 Å². The Kier molecular flexibility index (Phi) is 4.30. The molecule has 1 aromatic carbocycles. The molecule has 0 saturated heterocycles. The number of aromatic nitrogens is 3. The Morgan fingerprint density at radius 1 is 1.40 bits per heavy atom. The number of aromatic amines is 1. The lowest BCUT2D eigenvalue weighted by Crippen LogP contribution is -2.29. The van der Waals surface area contributed by atoms with Crippen molar-refractivity contribution in [2.45, 2.75) is 19.4 Å². The molecule has 0 unspecified atom stereocenters. The van der Waals surface area contributed by atoms with Crippen LogP contribution in [0.1, 0.15) is 19.4 Å². The number of benzene rings is 1. The van der Waals surface area contributed by atoms with Crippen LogP contribution in [-0.4, -0.2) is 39.3 Å². The van der Waals surface area contributed by atoms with Crippen LogP contribution < -0.4 is 10.1 Å². The molecule has 3 aromatic rings. The molecular formula is C18H19N5O2. The van der Waals surface area contributed by atoms with Gasteiger partial charge in [-0.05, 0) is 19.9 Å². The van der Waals surface area contributed by atoms with Crippen molar-refractivity contribution in [2.75, 3.05) is 19.0 Å². The van der Waals surface area contributed by atoms with Gasteiger partial charge in [0.25, 0.3) is 5.88 Å². The SMILES string of the molecule is COc1nc(-c2c[nH]c3c(C#N)cccc23)cnc1NCC(C)(C)O. The molecule has 0 aliphatic heterocycles. The molecule has 3 N–H and O–H groups in total. The average molecular weight is 337 g/mol. The number of rotatable bonds is 5. The predicted molar refractivity (Wildman–Crippen MR) is 95.4 cm³/mol. The normalized spacial score (nSPS) is 11.3. The molecule has 0 aliphatic carbocycles. The molecule has 2 aromatic heterocycles. The molecule has 0 aliphatic rings. The van der Waals surface area contributed by atoms with Crippen molar-refractivity contribution >= 4 is 16.7 Å². The first-order valence-electron chi connectivity index (χ1n) is 7.81. The summed E-state index contributed by atoms with van der Waals surface area (Å²) >= 11 is 0. The van der Waals surface area contributed by atoms with E-state index in [1.54, 1.807) is 32.3 Å². The number of fused-ring (bicyclic) bond motifs is 1. The van der Waals surface area contributed by atoms with E-state index in [9.17, 15) is 10.4 Å². The van der Waals surface area contributed by atoms with Crippen LogP contribution in [0, 0.1) is 11.3 Å². The van der Waals surface area contributed by atoms with E-state index >= 15 is 0 Å². The van der Waals surface area contributed by atoms with Crippen molar-refractivity contribution in [3.8, 4) is 23.2 Å². The maximum Gasteiger partial charge on any atom is 0.257 e. The molecule has 0 radical (unpaired) electrons. The summed E-state index contributed by atoms with van der Waals surface area (Å²) in [6, 6.07) is 7.70. The number of aliphatic hydroxyl groups is 1. The van der Waals surface area contributed by atoms with Gasteiger partial charge < -0.3 is 20.1 Å². The van der Waals surface area contributed by atoms with Gasteiger partial charge in [-0.2, -0.15) is 5.26 Å². The van der Waals surface area contributed by atoms with Gasteiger partial charge in [-0.3, -0.25) is 0 Å². The van der Waals surface area contributed by atoms with E-state index in [-0.39, 0.29) is 0 Å². The zero-order valence-corrected chi connectivity index (χ0v) is 14.3. The van der Waals surface area contributed by atoms with E-state index in [0.29, 0.717) is 29.5 Å². The monoisotopic (exact) mass is 337 g/mol. The maximum absolute atomic E-state index is 9.83. The summed E-state index contributed by atoms with van der Waals surface area (Å²) in [5, 5.41) is 23.0. The van der Waals surface area contributed by atoms with E-state index in [4.69, 9.17) is 4.74 Å². The summed E-state index contributed by atoms with van der Waals surface area (Å²) in [7, 11) is 1.52. The predicted octanol–water partition coefficient (Wildman–Crippen LogP) is 2.69. The molecule has 7 nitrogen and oxygen atoms in total. The Morgan fingerprint density at radius 3 is 2.88 bits per heavy atom. The second-order valence-corrected chi connectivity index (χ2v) is 6.32. The highest BCUT2D eigenvalue weighted by atomic mass is 16.5. The molecule has 128 valence electrons. The number of para-hydroxylation sites is 1. The summed E-state index contributed by atoms with van der Waals surface area (Å²) in [5.74, 6) is 0.804. The van der Waals surface area contributed by atoms with Gasteiger partial charge >= 0.3 is 0 Å². The van der Waals surface area contributed by atoms with Crippen molar-refractivity contribution in [2.24, 2.45) is 0 Å². The van der Waals surface area contributed by atoms with Gasteiger partial charge in [0.2, 0.25) is 0 Å². The van der Waals surface area contributed by atoms with Gasteiger partial charge in [-0.1, -0.05) is 12.1 Å². The first-order chi connectivity index (χ1) is 11.9. The molecule has 0 amide bonds. The van der Waals surface area contributed by atoms with E-state index < -0.39 is 5.60 Å². The summed E-state index contributed by atoms with van der Waals surface area (Å²) in [4.78, 5) is 12.0. The minimum Gasteiger partial charge on any atom is -0.478 e. The highest BCUT2D eigenvalue weighted by Crippen LogP contribution is 2.31. The lowest BCUT2D eigenvalue weighted by molar-refractivity contribution is 0.0943. The Morgan fingerprint density at radius 2 is 2.20 bits per heavy atom. The second kappa shape index (κ2) is 6.42. The summed E-state index contributed by atoms with van der Waals surface area (Å²) in [6.07, 6.45) is 3.44. The first-order valence-corrected chi connectivity index (χ1v) is 7.81. The van der Waals surface area contributed by atoms with E-state index in [2.05, 4.69) is 26.3 Å². The number of hydrogen-bond acceptors (Lipinski definition) is 6. The number of hydrogen-bond donors (Lipinski definition) is 3. The van der Waals surface area contributed by atoms with Crippen LogP contribution >= 0.6 is 0 Å². The van der Waals surface area contributed by atoms with Gasteiger partial charge in [0, 0.05) is 23.7 Å². The molecule has 7 heteroatoms. The van der Waals surface area contributed by atoms with Crippen molar-refractivity contribution in [3.05, 3.63) is 36.2 Å². The van der Waals surface area contributed by atoms with E-state index in [1.165, 1.54) is 7.11 Å². The number of nitrogens with one attached hydrogen (secondary N) is 2. The van der Waals surface area contributed by atoms with Crippen molar-refractivity contribution < 1.29 is 9.84 Å². The third kappa shape index (κ3) is 3.39. The molecule has 0 spiro atoms. The molecule has 0 bridgehead atoms. The third-order valence-electron chi connectivity index (χ3n) is 3.73. The van der Waals surface area contributed by atoms with E-state index in [1.807, 2.05) is 12.1 Å². The van der Waals surface area contributed by atoms with Crippen LogP contribution in [0.3, 0.4) is 0 Å². The second-order valence-electron chi connectivity index (χ2n) is 6.32. The standard InChI is InChI=1S/C18H19N5O2/c1-18(2,24)10-22-16-17(25-3)23-14(9-21-16)13-8-20-15-11(7-19)5-4-6-12(13)15/h4-6,8-9,20,24H,10H2,1-3H3,(H,21,22). The Hall–Kier alpha value is -3.11. The summed E-state index contributed by atoms with van der Waals surface area (Å²) < 4.78 is 5.33. The largest absolute Gasteiger partial charge is 0.478 e. The molecule has 0 saturated carbocycles. The summed E-state index contributed by atoms with van der Waals surface area (Å²) in [5.41, 5.74) is 1.94. The molecule has 3 rings (SSSR count). The lowest BCUT2D eigenvalue weighted by Gasteiger charge is -2.18. The molecule has 25 heavy (non-hydrogen) atoms. The highest BCUT2D eigenvalue weighted by molar-refractivity contribution is 5.97. The first kappa shape index (κ1) is 16.7. The van der Waals surface area contributed by atoms with Gasteiger partial charge in [0.15, 0.2) is 5.82 Å². The zero-order chi connectivity index (χ0) is 18.0. The summed E-state index contributed by atoms with van der Waals surface area (Å²) in [6.45, 7) is 3.72. The highest BCUT2D eigenvalue weighted by Gasteiger charge is 2.17. The quantitative estimate of drug-likeness (QED) is 0.661. The lowest BCUT2D eigenvalue weighted by atomic mass is 10.1. The minimum absolute atomic E-state index is 0.315. The Labute approximate surface area is 145 Å². The number of ether oxygens (including phenoxy) is 1. The van der Waals surface area contributed by atoms with Gasteiger partial charge in [-0.15, -0.1) is 0 Å². The fourth-order valence-electron chi connectivity index (χ4n) is 2.52. The number of H-pyrrole nitrogens is 1. The zero-order valence-electron chi connectivity index (χ0n) is 14.3. The van der Waals surface area contributed by atoms with Crippen LogP contribution in [0.15, 0.2) is 30.6 Å². The molecule has 2 heterocycles. The smallest absolute Gasteiger partial charge is 0.257 e. The average Bonchev–Trinajstić information content (AvgIpc) is 3.03. The van der Waals surface area contributed by atoms with Crippen LogP contribution in [-0.2, 0) is 0 Å². The number of nitriles is 1. The van der Waals surface area contributed by atoms with Crippen LogP contribution in [0.2, 0.25) is 0 Å². The fourth-order valence-corrected chi connectivity index (χ4v) is 2.52. The number of nitrogens with zero attached hydrogens (tertiary/aromatic N) is 3. The van der Waals surface area contributed by atoms with Gasteiger partial charge in [-0.25, -0.2) is 9.97 Å². The third-order valence-corrected chi connectivity index (χ3v) is 3.73. The number of anilines is 1. The molecule has 0 fully saturated rings. The van der Waals surface area contributed by atoms with Gasteiger partial charge in [0.05, 0.1) is 35.7 Å². The van der Waals surface area contributed by atoms with Crippen molar-refractivity contribution in [1.29, 1.82) is 5.26 Å². The minimum atomic E-state index is -0.879.